The number of aromatic nitrogens is 2. The van der Waals surface area contributed by atoms with Crippen LogP contribution in [0.3, 0.4) is 0 Å². The van der Waals surface area contributed by atoms with Gasteiger partial charge in [-0.3, -0.25) is 0 Å². The Morgan fingerprint density at radius 2 is 1.66 bits per heavy atom. The summed E-state index contributed by atoms with van der Waals surface area (Å²) in [5, 5.41) is 0. The minimum absolute atomic E-state index is 0.0604. The lowest BCUT2D eigenvalue weighted by molar-refractivity contribution is -0.0253. The van der Waals surface area contributed by atoms with Gasteiger partial charge in [-0.05, 0) is 80.4 Å². The second-order valence-corrected chi connectivity index (χ2v) is 14.2. The van der Waals surface area contributed by atoms with Crippen LogP contribution in [0, 0.1) is 5.82 Å². The maximum Gasteiger partial charge on any atom is 0.410 e. The molecule has 3 aliphatic rings. The van der Waals surface area contributed by atoms with Gasteiger partial charge in [-0.2, -0.15) is 0 Å². The number of aromatic amines is 1. The highest BCUT2D eigenvalue weighted by atomic mass is 19.1. The van der Waals surface area contributed by atoms with Crippen molar-refractivity contribution in [1.82, 2.24) is 19.8 Å². The first-order valence-electron chi connectivity index (χ1n) is 14.5. The molecule has 2 amide bonds. The third-order valence-electron chi connectivity index (χ3n) is 8.10. The molecule has 1 atom stereocenters. The summed E-state index contributed by atoms with van der Waals surface area (Å²) >= 11 is 0. The third kappa shape index (κ3) is 5.75. The number of H-pyrrole nitrogens is 1. The van der Waals surface area contributed by atoms with Crippen molar-refractivity contribution in [3.8, 4) is 17.0 Å². The smallest absolute Gasteiger partial charge is 0.410 e. The number of hydrogen-bond donors (Lipinski definition) is 1. The Labute approximate surface area is 241 Å². The summed E-state index contributed by atoms with van der Waals surface area (Å²) in [6.07, 6.45) is 1.67. The van der Waals surface area contributed by atoms with Crippen LogP contribution < -0.4 is 4.74 Å². The molecule has 2 fully saturated rings. The number of nitrogens with zero attached hydrogens (tertiary/aromatic N) is 3. The summed E-state index contributed by atoms with van der Waals surface area (Å²) in [5.74, 6) is 0.633. The van der Waals surface area contributed by atoms with Crippen LogP contribution in [0.15, 0.2) is 18.2 Å². The highest BCUT2D eigenvalue weighted by Crippen LogP contribution is 2.50. The molecule has 5 rings (SSSR count). The zero-order valence-electron chi connectivity index (χ0n) is 25.5. The number of carbonyl (C=O) groups excluding carboxylic acids is 2. The van der Waals surface area contributed by atoms with E-state index in [1.54, 1.807) is 15.9 Å². The first-order valence-corrected chi connectivity index (χ1v) is 14.5. The van der Waals surface area contributed by atoms with Crippen molar-refractivity contribution in [2.45, 2.75) is 109 Å². The van der Waals surface area contributed by atoms with Gasteiger partial charge in [0, 0.05) is 49.5 Å². The van der Waals surface area contributed by atoms with Crippen LogP contribution in [-0.2, 0) is 15.1 Å². The molecule has 0 saturated carbocycles. The maximum absolute atomic E-state index is 15.1. The number of hydrogen-bond acceptors (Lipinski definition) is 6. The molecule has 0 bridgehead atoms. The second-order valence-electron chi connectivity index (χ2n) is 14.2. The van der Waals surface area contributed by atoms with Gasteiger partial charge in [0.1, 0.15) is 17.0 Å². The van der Waals surface area contributed by atoms with E-state index in [0.717, 1.165) is 11.5 Å². The first kappa shape index (κ1) is 29.2. The largest absolute Gasteiger partial charge is 0.477 e. The van der Waals surface area contributed by atoms with Crippen LogP contribution in [0.4, 0.5) is 14.0 Å². The number of imidazole rings is 1. The number of benzene rings is 1. The minimum Gasteiger partial charge on any atom is -0.477 e. The van der Waals surface area contributed by atoms with Crippen LogP contribution in [-0.4, -0.2) is 68.3 Å². The van der Waals surface area contributed by atoms with Crippen molar-refractivity contribution in [1.29, 1.82) is 0 Å². The SMILES string of the molecule is CC(C)(C)OC(=O)N1CCC2(CC1)Oc1c(F)cccc1-c1nc(C3CCN(C(=O)OC(C)(C)C)C(C)(C)C3)[nH]c12. The topological polar surface area (TPSA) is 97.0 Å². The molecule has 1 aromatic heterocycles. The lowest BCUT2D eigenvalue weighted by atomic mass is 9.82. The molecule has 2 aromatic rings. The minimum atomic E-state index is -0.846. The summed E-state index contributed by atoms with van der Waals surface area (Å²) < 4.78 is 32.8. The van der Waals surface area contributed by atoms with Crippen molar-refractivity contribution in [3.63, 3.8) is 0 Å². The van der Waals surface area contributed by atoms with Gasteiger partial charge in [-0.25, -0.2) is 19.0 Å². The van der Waals surface area contributed by atoms with E-state index in [-0.39, 0.29) is 23.9 Å². The Kier molecular flexibility index (Phi) is 7.06. The van der Waals surface area contributed by atoms with Crippen LogP contribution in [0.1, 0.15) is 98.5 Å². The van der Waals surface area contributed by atoms with E-state index in [0.29, 0.717) is 56.6 Å². The van der Waals surface area contributed by atoms with E-state index >= 15 is 4.39 Å². The Balaban J connectivity index is 1.43. The van der Waals surface area contributed by atoms with Crippen LogP contribution in [0.5, 0.6) is 5.75 Å². The molecule has 1 N–H and O–H groups in total. The van der Waals surface area contributed by atoms with E-state index in [2.05, 4.69) is 4.98 Å². The van der Waals surface area contributed by atoms with E-state index in [1.807, 2.05) is 61.5 Å². The molecule has 41 heavy (non-hydrogen) atoms. The van der Waals surface area contributed by atoms with Gasteiger partial charge < -0.3 is 29.0 Å². The summed E-state index contributed by atoms with van der Waals surface area (Å²) in [7, 11) is 0. The standard InChI is InChI=1S/C31H43FN4O5/c1-28(2,3)40-26(37)35-16-13-31(14-17-35)24-22(20-10-9-11-21(32)23(20)39-31)33-25(34-24)19-12-15-36(30(7,8)18-19)27(38)41-29(4,5)6/h9-11,19H,12-18H2,1-8H3,(H,33,34). The molecule has 1 aromatic carbocycles. The van der Waals surface area contributed by atoms with Crippen LogP contribution >= 0.6 is 0 Å². The third-order valence-corrected chi connectivity index (χ3v) is 8.10. The predicted molar refractivity (Wildman–Crippen MR) is 152 cm³/mol. The molecule has 1 spiro atoms. The van der Waals surface area contributed by atoms with E-state index in [9.17, 15) is 9.59 Å². The van der Waals surface area contributed by atoms with Crippen molar-refractivity contribution < 1.29 is 28.2 Å². The molecular formula is C31H43FN4O5. The summed E-state index contributed by atoms with van der Waals surface area (Å²) in [6, 6.07) is 4.90. The molecule has 224 valence electrons. The molecule has 9 nitrogen and oxygen atoms in total. The highest BCUT2D eigenvalue weighted by Gasteiger charge is 2.49. The number of halogens is 1. The molecule has 3 aliphatic heterocycles. The first-order chi connectivity index (χ1) is 19.0. The number of para-hydroxylation sites is 1. The molecule has 4 heterocycles. The quantitative estimate of drug-likeness (QED) is 0.409. The van der Waals surface area contributed by atoms with Gasteiger partial charge in [0.05, 0.1) is 11.4 Å². The zero-order chi connectivity index (χ0) is 30.0. The average Bonchev–Trinajstić information content (AvgIpc) is 3.29. The van der Waals surface area contributed by atoms with Crippen molar-refractivity contribution in [2.24, 2.45) is 0 Å². The van der Waals surface area contributed by atoms with E-state index in [4.69, 9.17) is 19.2 Å². The normalized spacial score (nSPS) is 21.5. The Hall–Kier alpha value is -3.30. The van der Waals surface area contributed by atoms with Crippen molar-refractivity contribution in [2.75, 3.05) is 19.6 Å². The number of carbonyl (C=O) groups is 2. The van der Waals surface area contributed by atoms with Gasteiger partial charge >= 0.3 is 12.2 Å². The molecule has 2 saturated heterocycles. The van der Waals surface area contributed by atoms with Gasteiger partial charge in [-0.1, -0.05) is 6.07 Å². The molecule has 10 heteroatoms. The molecule has 0 aliphatic carbocycles. The Bertz CT molecular complexity index is 1330. The number of nitrogens with one attached hydrogen (secondary N) is 1. The maximum atomic E-state index is 15.1. The van der Waals surface area contributed by atoms with Crippen molar-refractivity contribution >= 4 is 12.2 Å². The number of fused-ring (bicyclic) bond motifs is 4. The fraction of sp³-hybridized carbons (Fsp3) is 0.645. The Morgan fingerprint density at radius 3 is 2.27 bits per heavy atom. The molecule has 1 unspecified atom stereocenters. The monoisotopic (exact) mass is 570 g/mol. The highest BCUT2D eigenvalue weighted by molar-refractivity contribution is 5.74. The molecular weight excluding hydrogens is 527 g/mol. The predicted octanol–water partition coefficient (Wildman–Crippen LogP) is 6.73. The van der Waals surface area contributed by atoms with Crippen LogP contribution in [0.25, 0.3) is 11.3 Å². The van der Waals surface area contributed by atoms with Gasteiger partial charge in [0.2, 0.25) is 0 Å². The number of piperidine rings is 2. The van der Waals surface area contributed by atoms with Gasteiger partial charge in [0.25, 0.3) is 0 Å². The van der Waals surface area contributed by atoms with E-state index in [1.165, 1.54) is 6.07 Å². The van der Waals surface area contributed by atoms with Crippen molar-refractivity contribution in [3.05, 3.63) is 35.5 Å². The van der Waals surface area contributed by atoms with Gasteiger partial charge in [-0.15, -0.1) is 0 Å². The zero-order valence-corrected chi connectivity index (χ0v) is 25.5. The van der Waals surface area contributed by atoms with Gasteiger partial charge in [0.15, 0.2) is 17.2 Å². The molecule has 0 radical (unpaired) electrons. The average molecular weight is 571 g/mol. The van der Waals surface area contributed by atoms with Crippen LogP contribution in [0.2, 0.25) is 0 Å². The second kappa shape index (κ2) is 9.91. The number of ether oxygens (including phenoxy) is 3. The Morgan fingerprint density at radius 1 is 1.02 bits per heavy atom. The fourth-order valence-electron chi connectivity index (χ4n) is 6.18. The summed E-state index contributed by atoms with van der Waals surface area (Å²) in [4.78, 5) is 37.8. The summed E-state index contributed by atoms with van der Waals surface area (Å²) in [6.45, 7) is 16.6. The number of likely N-dealkylation sites (tertiary alicyclic amines) is 2. The van der Waals surface area contributed by atoms with E-state index < -0.39 is 28.2 Å². The lowest BCUT2D eigenvalue weighted by Crippen LogP contribution is -2.53. The fourth-order valence-corrected chi connectivity index (χ4v) is 6.18. The number of amides is 2. The number of rotatable bonds is 1. The lowest BCUT2D eigenvalue weighted by Gasteiger charge is -2.45. The summed E-state index contributed by atoms with van der Waals surface area (Å²) in [5.41, 5.74) is -0.321.